The van der Waals surface area contributed by atoms with Crippen LogP contribution < -0.4 is 5.73 Å². The molecule has 0 saturated carbocycles. The van der Waals surface area contributed by atoms with Crippen LogP contribution >= 0.6 is 0 Å². The molecule has 1 aromatic carbocycles. The second kappa shape index (κ2) is 8.21. The van der Waals surface area contributed by atoms with Gasteiger partial charge in [0.1, 0.15) is 5.82 Å². The molecule has 2 aromatic heterocycles. The molecule has 0 spiro atoms. The molecule has 1 saturated heterocycles. The predicted octanol–water partition coefficient (Wildman–Crippen LogP) is 3.01. The maximum Gasteiger partial charge on any atom is 0.254 e. The van der Waals surface area contributed by atoms with Gasteiger partial charge in [-0.1, -0.05) is 12.1 Å². The van der Waals surface area contributed by atoms with E-state index in [1.807, 2.05) is 46.1 Å². The van der Waals surface area contributed by atoms with E-state index >= 15 is 0 Å². The second-order valence-corrected chi connectivity index (χ2v) is 7.11. The molecule has 28 heavy (non-hydrogen) atoms. The largest absolute Gasteiger partial charge is 0.382 e. The van der Waals surface area contributed by atoms with Gasteiger partial charge in [0.2, 0.25) is 0 Å². The molecule has 3 heterocycles. The minimum atomic E-state index is 0.0791. The number of aromatic nitrogens is 4. The first-order valence-electron chi connectivity index (χ1n) is 9.67. The van der Waals surface area contributed by atoms with Crippen molar-refractivity contribution in [3.05, 3.63) is 60.7 Å². The number of benzene rings is 1. The van der Waals surface area contributed by atoms with Gasteiger partial charge < -0.3 is 10.6 Å². The molecular formula is C21H24N6O. The van der Waals surface area contributed by atoms with Crippen LogP contribution in [0.2, 0.25) is 0 Å². The number of hydrogen-bond acceptors (Lipinski definition) is 5. The maximum atomic E-state index is 13.3. The van der Waals surface area contributed by atoms with E-state index in [-0.39, 0.29) is 11.9 Å². The first kappa shape index (κ1) is 18.2. The van der Waals surface area contributed by atoms with Gasteiger partial charge in [-0.15, -0.1) is 0 Å². The summed E-state index contributed by atoms with van der Waals surface area (Å²) in [5, 5.41) is 4.27. The summed E-state index contributed by atoms with van der Waals surface area (Å²) in [5.41, 5.74) is 7.87. The molecule has 7 nitrogen and oxygen atoms in total. The third-order valence-corrected chi connectivity index (χ3v) is 5.22. The van der Waals surface area contributed by atoms with Crippen LogP contribution in [0.1, 0.15) is 36.0 Å². The Bertz CT molecular complexity index is 922. The fourth-order valence-electron chi connectivity index (χ4n) is 3.75. The molecule has 1 aliphatic heterocycles. The smallest absolute Gasteiger partial charge is 0.254 e. The minimum Gasteiger partial charge on any atom is -0.382 e. The zero-order valence-electron chi connectivity index (χ0n) is 15.7. The number of hydrogen-bond donors (Lipinski definition) is 1. The fourth-order valence-corrected chi connectivity index (χ4v) is 3.75. The molecule has 1 atom stereocenters. The van der Waals surface area contributed by atoms with Gasteiger partial charge in [-0.25, -0.2) is 4.98 Å². The van der Waals surface area contributed by atoms with Gasteiger partial charge in [-0.05, 0) is 43.9 Å². The molecule has 1 aliphatic rings. The average Bonchev–Trinajstić information content (AvgIpc) is 3.26. The number of piperidine rings is 1. The van der Waals surface area contributed by atoms with E-state index < -0.39 is 0 Å². The summed E-state index contributed by atoms with van der Waals surface area (Å²) in [6.45, 7) is 1.62. The molecule has 0 bridgehead atoms. The summed E-state index contributed by atoms with van der Waals surface area (Å²) in [6.07, 6.45) is 11.1. The highest BCUT2D eigenvalue weighted by molar-refractivity contribution is 5.95. The van der Waals surface area contributed by atoms with E-state index in [1.165, 1.54) is 6.20 Å². The van der Waals surface area contributed by atoms with Gasteiger partial charge in [0.15, 0.2) is 0 Å². The topological polar surface area (TPSA) is 89.9 Å². The average molecular weight is 376 g/mol. The van der Waals surface area contributed by atoms with Crippen LogP contribution in [-0.4, -0.2) is 43.1 Å². The number of likely N-dealkylation sites (tertiary alicyclic amines) is 1. The third kappa shape index (κ3) is 4.03. The zero-order valence-corrected chi connectivity index (χ0v) is 15.7. The van der Waals surface area contributed by atoms with Crippen LogP contribution in [0.25, 0.3) is 11.3 Å². The third-order valence-electron chi connectivity index (χ3n) is 5.22. The number of amides is 1. The fraction of sp³-hybridized carbons (Fsp3) is 0.333. The van der Waals surface area contributed by atoms with Crippen molar-refractivity contribution < 1.29 is 4.79 Å². The molecule has 0 radical (unpaired) electrons. The van der Waals surface area contributed by atoms with Gasteiger partial charge in [0.25, 0.3) is 5.91 Å². The molecule has 1 amide bonds. The quantitative estimate of drug-likeness (QED) is 0.739. The van der Waals surface area contributed by atoms with Crippen molar-refractivity contribution in [2.24, 2.45) is 0 Å². The number of nitrogen functional groups attached to an aromatic ring is 1. The molecule has 4 rings (SSSR count). The first-order chi connectivity index (χ1) is 13.7. The number of carbonyl (C=O) groups is 1. The lowest BCUT2D eigenvalue weighted by molar-refractivity contribution is 0.0594. The molecular weight excluding hydrogens is 352 g/mol. The van der Waals surface area contributed by atoms with E-state index in [9.17, 15) is 4.79 Å². The summed E-state index contributed by atoms with van der Waals surface area (Å²) >= 11 is 0. The van der Waals surface area contributed by atoms with Crippen molar-refractivity contribution >= 4 is 11.7 Å². The lowest BCUT2D eigenvalue weighted by Crippen LogP contribution is -2.44. The van der Waals surface area contributed by atoms with Crippen LogP contribution in [0.3, 0.4) is 0 Å². The van der Waals surface area contributed by atoms with Crippen LogP contribution in [0.15, 0.2) is 55.1 Å². The lowest BCUT2D eigenvalue weighted by Gasteiger charge is -2.36. The van der Waals surface area contributed by atoms with Crippen LogP contribution in [0.4, 0.5) is 5.82 Å². The van der Waals surface area contributed by atoms with E-state index in [4.69, 9.17) is 5.73 Å². The Morgan fingerprint density at radius 3 is 2.89 bits per heavy atom. The number of nitrogens with zero attached hydrogens (tertiary/aromatic N) is 5. The molecule has 2 N–H and O–H groups in total. The maximum absolute atomic E-state index is 13.3. The van der Waals surface area contributed by atoms with Crippen LogP contribution in [-0.2, 0) is 6.54 Å². The monoisotopic (exact) mass is 376 g/mol. The number of aryl methyl sites for hydroxylation is 1. The van der Waals surface area contributed by atoms with Crippen LogP contribution in [0.5, 0.6) is 0 Å². The highest BCUT2D eigenvalue weighted by atomic mass is 16.2. The Hall–Kier alpha value is -3.22. The highest BCUT2D eigenvalue weighted by Gasteiger charge is 2.27. The highest BCUT2D eigenvalue weighted by Crippen LogP contribution is 2.24. The Balaban J connectivity index is 1.51. The Morgan fingerprint density at radius 2 is 2.11 bits per heavy atom. The Labute approximate surface area is 164 Å². The van der Waals surface area contributed by atoms with E-state index in [0.717, 1.165) is 44.3 Å². The second-order valence-electron chi connectivity index (χ2n) is 7.11. The molecule has 144 valence electrons. The number of carbonyl (C=O) groups excluding carboxylic acids is 1. The summed E-state index contributed by atoms with van der Waals surface area (Å²) in [4.78, 5) is 23.7. The van der Waals surface area contributed by atoms with E-state index in [2.05, 4.69) is 15.1 Å². The summed E-state index contributed by atoms with van der Waals surface area (Å²) in [5.74, 6) is 0.458. The number of nitrogens with two attached hydrogens (primary N) is 1. The van der Waals surface area contributed by atoms with E-state index in [1.54, 1.807) is 12.4 Å². The van der Waals surface area contributed by atoms with Crippen molar-refractivity contribution in [1.82, 2.24) is 24.6 Å². The predicted molar refractivity (Wildman–Crippen MR) is 107 cm³/mol. The van der Waals surface area contributed by atoms with Crippen molar-refractivity contribution in [2.75, 3.05) is 12.3 Å². The molecule has 0 aliphatic carbocycles. The van der Waals surface area contributed by atoms with Gasteiger partial charge in [0, 0.05) is 42.7 Å². The van der Waals surface area contributed by atoms with Gasteiger partial charge in [-0.2, -0.15) is 5.10 Å². The van der Waals surface area contributed by atoms with Gasteiger partial charge in [-0.3, -0.25) is 14.5 Å². The normalized spacial score (nSPS) is 16.9. The molecule has 1 fully saturated rings. The SMILES string of the molecule is Nc1cnc(-c2cccc(C(=O)N3CCCC[C@H]3CCn3cccn3)c2)cn1. The van der Waals surface area contributed by atoms with Crippen molar-refractivity contribution in [1.29, 1.82) is 0 Å². The zero-order chi connectivity index (χ0) is 19.3. The van der Waals surface area contributed by atoms with Crippen LogP contribution in [0, 0.1) is 0 Å². The summed E-state index contributed by atoms with van der Waals surface area (Å²) < 4.78 is 1.93. The Kier molecular flexibility index (Phi) is 5.32. The first-order valence-corrected chi connectivity index (χ1v) is 9.67. The number of rotatable bonds is 5. The van der Waals surface area contributed by atoms with Crippen molar-refractivity contribution in [2.45, 2.75) is 38.3 Å². The standard InChI is InChI=1S/C21H24N6O/c22-20-15-23-19(14-24-20)16-5-3-6-17(13-16)21(28)27-11-2-1-7-18(27)8-12-26-10-4-9-25-26/h3-6,9-10,13-15,18H,1-2,7-8,11-12H2,(H2,22,24)/t18-/m0/s1. The molecule has 7 heteroatoms. The van der Waals surface area contributed by atoms with Crippen molar-refractivity contribution in [3.8, 4) is 11.3 Å². The van der Waals surface area contributed by atoms with Gasteiger partial charge >= 0.3 is 0 Å². The number of anilines is 1. The molecule has 3 aromatic rings. The Morgan fingerprint density at radius 1 is 1.18 bits per heavy atom. The molecule has 0 unspecified atom stereocenters. The summed E-state index contributed by atoms with van der Waals surface area (Å²) in [6, 6.07) is 9.75. The van der Waals surface area contributed by atoms with Gasteiger partial charge in [0.05, 0.1) is 18.1 Å². The summed E-state index contributed by atoms with van der Waals surface area (Å²) in [7, 11) is 0. The van der Waals surface area contributed by atoms with E-state index in [0.29, 0.717) is 17.1 Å². The minimum absolute atomic E-state index is 0.0791. The lowest BCUT2D eigenvalue weighted by atomic mass is 9.97. The van der Waals surface area contributed by atoms with Crippen molar-refractivity contribution in [3.63, 3.8) is 0 Å².